The van der Waals surface area contributed by atoms with Gasteiger partial charge in [0, 0.05) is 31.5 Å². The van der Waals surface area contributed by atoms with E-state index in [1.54, 1.807) is 6.20 Å². The van der Waals surface area contributed by atoms with Crippen molar-refractivity contribution in [3.05, 3.63) is 59.9 Å². The Morgan fingerprint density at radius 1 is 1.21 bits per heavy atom. The number of benzene rings is 1. The Bertz CT molecular complexity index is 640. The van der Waals surface area contributed by atoms with E-state index in [2.05, 4.69) is 48.1 Å². The topological polar surface area (TPSA) is 45.2 Å². The lowest BCUT2D eigenvalue weighted by Gasteiger charge is -2.23. The molecule has 0 spiro atoms. The summed E-state index contributed by atoms with van der Waals surface area (Å²) in [7, 11) is 0. The number of aromatic nitrogens is 1. The molecular weight excluding hydrogens is 298 g/mol. The minimum atomic E-state index is -0.103. The fraction of sp³-hybridized carbons (Fsp3) is 0.400. The number of hydrogen-bond donors (Lipinski definition) is 1. The van der Waals surface area contributed by atoms with Crippen LogP contribution < -0.4 is 10.2 Å². The zero-order chi connectivity index (χ0) is 17.4. The molecular formula is C20H27N3O. The summed E-state index contributed by atoms with van der Waals surface area (Å²) >= 11 is 0. The van der Waals surface area contributed by atoms with Crippen LogP contribution in [0, 0.1) is 5.92 Å². The summed E-state index contributed by atoms with van der Waals surface area (Å²) in [6, 6.07) is 14.2. The van der Waals surface area contributed by atoms with Crippen LogP contribution in [0.5, 0.6) is 0 Å². The van der Waals surface area contributed by atoms with E-state index in [1.165, 1.54) is 5.56 Å². The van der Waals surface area contributed by atoms with Gasteiger partial charge in [-0.25, -0.2) is 0 Å². The quantitative estimate of drug-likeness (QED) is 0.801. The molecule has 1 aromatic carbocycles. The minimum absolute atomic E-state index is 0.103. The van der Waals surface area contributed by atoms with Gasteiger partial charge in [0.15, 0.2) is 0 Å². The van der Waals surface area contributed by atoms with Crippen LogP contribution in [0.1, 0.15) is 43.2 Å². The Kier molecular flexibility index (Phi) is 6.79. The monoisotopic (exact) mass is 325 g/mol. The lowest BCUT2D eigenvalue weighted by molar-refractivity contribution is 0.0947. The molecule has 2 rings (SSSR count). The summed E-state index contributed by atoms with van der Waals surface area (Å²) < 4.78 is 0. The normalized spacial score (nSPS) is 10.7. The average molecular weight is 325 g/mol. The fourth-order valence-corrected chi connectivity index (χ4v) is 2.49. The molecule has 2 aromatic rings. The van der Waals surface area contributed by atoms with Gasteiger partial charge in [-0.3, -0.25) is 9.78 Å². The molecule has 0 aliphatic carbocycles. The second kappa shape index (κ2) is 9.06. The van der Waals surface area contributed by atoms with E-state index >= 15 is 0 Å². The molecule has 0 unspecified atom stereocenters. The Balaban J connectivity index is 2.05. The third kappa shape index (κ3) is 5.37. The third-order valence-corrected chi connectivity index (χ3v) is 3.95. The standard InChI is InChI=1S/C20H27N3O/c1-4-23(15-17-8-6-5-7-9-17)18-11-13-21-19(14-18)20(24)22-12-10-16(2)3/h5-9,11,13-14,16H,4,10,12,15H2,1-3H3,(H,22,24). The van der Waals surface area contributed by atoms with Crippen LogP contribution in [0.25, 0.3) is 0 Å². The van der Waals surface area contributed by atoms with Crippen LogP contribution in [0.3, 0.4) is 0 Å². The Morgan fingerprint density at radius 2 is 1.96 bits per heavy atom. The summed E-state index contributed by atoms with van der Waals surface area (Å²) in [5.41, 5.74) is 2.74. The molecule has 0 saturated heterocycles. The van der Waals surface area contributed by atoms with Crippen molar-refractivity contribution in [2.45, 2.75) is 33.7 Å². The summed E-state index contributed by atoms with van der Waals surface area (Å²) in [5.74, 6) is 0.472. The highest BCUT2D eigenvalue weighted by Crippen LogP contribution is 2.17. The molecule has 0 radical (unpaired) electrons. The zero-order valence-corrected chi connectivity index (χ0v) is 14.8. The van der Waals surface area contributed by atoms with Crippen molar-refractivity contribution in [1.82, 2.24) is 10.3 Å². The van der Waals surface area contributed by atoms with Crippen LogP contribution >= 0.6 is 0 Å². The Morgan fingerprint density at radius 3 is 2.62 bits per heavy atom. The van der Waals surface area contributed by atoms with E-state index in [-0.39, 0.29) is 5.91 Å². The van der Waals surface area contributed by atoms with Crippen molar-refractivity contribution in [2.75, 3.05) is 18.0 Å². The number of rotatable bonds is 8. The maximum Gasteiger partial charge on any atom is 0.269 e. The number of nitrogens with zero attached hydrogens (tertiary/aromatic N) is 2. The van der Waals surface area contributed by atoms with Gasteiger partial charge in [0.25, 0.3) is 5.91 Å². The molecule has 24 heavy (non-hydrogen) atoms. The molecule has 4 heteroatoms. The Hall–Kier alpha value is -2.36. The van der Waals surface area contributed by atoms with E-state index in [9.17, 15) is 4.79 Å². The van der Waals surface area contributed by atoms with Crippen LogP contribution in [0.2, 0.25) is 0 Å². The summed E-state index contributed by atoms with van der Waals surface area (Å²) in [6.45, 7) is 8.78. The van der Waals surface area contributed by atoms with Gasteiger partial charge in [0.1, 0.15) is 5.69 Å². The molecule has 0 aliphatic heterocycles. The van der Waals surface area contributed by atoms with Crippen LogP contribution in [-0.4, -0.2) is 24.0 Å². The van der Waals surface area contributed by atoms with Gasteiger partial charge in [0.2, 0.25) is 0 Å². The van der Waals surface area contributed by atoms with E-state index in [1.807, 2.05) is 30.3 Å². The fourth-order valence-electron chi connectivity index (χ4n) is 2.49. The maximum absolute atomic E-state index is 12.3. The summed E-state index contributed by atoms with van der Waals surface area (Å²) in [4.78, 5) is 18.7. The van der Waals surface area contributed by atoms with Crippen LogP contribution in [0.15, 0.2) is 48.7 Å². The van der Waals surface area contributed by atoms with Crippen molar-refractivity contribution >= 4 is 11.6 Å². The Labute approximate surface area is 144 Å². The lowest BCUT2D eigenvalue weighted by atomic mass is 10.1. The van der Waals surface area contributed by atoms with E-state index in [0.717, 1.165) is 25.2 Å². The van der Waals surface area contributed by atoms with Gasteiger partial charge in [-0.2, -0.15) is 0 Å². The minimum Gasteiger partial charge on any atom is -0.367 e. The van der Waals surface area contributed by atoms with Crippen molar-refractivity contribution in [3.8, 4) is 0 Å². The smallest absolute Gasteiger partial charge is 0.269 e. The first-order chi connectivity index (χ1) is 11.6. The van der Waals surface area contributed by atoms with Crippen LogP contribution in [0.4, 0.5) is 5.69 Å². The van der Waals surface area contributed by atoms with Gasteiger partial charge in [-0.05, 0) is 37.0 Å². The van der Waals surface area contributed by atoms with E-state index in [4.69, 9.17) is 0 Å². The first-order valence-corrected chi connectivity index (χ1v) is 8.63. The highest BCUT2D eigenvalue weighted by atomic mass is 16.1. The SMILES string of the molecule is CCN(Cc1ccccc1)c1ccnc(C(=O)NCCC(C)C)c1. The molecule has 0 atom stereocenters. The van der Waals surface area contributed by atoms with Gasteiger partial charge in [-0.1, -0.05) is 44.2 Å². The van der Waals surface area contributed by atoms with Crippen LogP contribution in [-0.2, 0) is 6.54 Å². The highest BCUT2D eigenvalue weighted by Gasteiger charge is 2.11. The summed E-state index contributed by atoms with van der Waals surface area (Å²) in [5, 5.41) is 2.94. The number of carbonyl (C=O) groups excluding carboxylic acids is 1. The van der Waals surface area contributed by atoms with Crippen molar-refractivity contribution < 1.29 is 4.79 Å². The second-order valence-corrected chi connectivity index (χ2v) is 6.34. The maximum atomic E-state index is 12.3. The lowest BCUT2D eigenvalue weighted by Crippen LogP contribution is -2.27. The van der Waals surface area contributed by atoms with Crippen molar-refractivity contribution in [2.24, 2.45) is 5.92 Å². The first-order valence-electron chi connectivity index (χ1n) is 8.63. The molecule has 1 amide bonds. The van der Waals surface area contributed by atoms with Gasteiger partial charge >= 0.3 is 0 Å². The predicted octanol–water partition coefficient (Wildman–Crippen LogP) is 3.88. The molecule has 128 valence electrons. The molecule has 0 fully saturated rings. The van der Waals surface area contributed by atoms with Crippen molar-refractivity contribution in [3.63, 3.8) is 0 Å². The number of amides is 1. The molecule has 4 nitrogen and oxygen atoms in total. The second-order valence-electron chi connectivity index (χ2n) is 6.34. The molecule has 0 saturated carbocycles. The summed E-state index contributed by atoms with van der Waals surface area (Å²) in [6.07, 6.45) is 2.68. The van der Waals surface area contributed by atoms with E-state index < -0.39 is 0 Å². The number of carbonyl (C=O) groups is 1. The van der Waals surface area contributed by atoms with Gasteiger partial charge in [-0.15, -0.1) is 0 Å². The molecule has 1 heterocycles. The molecule has 0 aliphatic rings. The molecule has 1 aromatic heterocycles. The number of anilines is 1. The first kappa shape index (κ1) is 18.0. The average Bonchev–Trinajstić information content (AvgIpc) is 2.60. The van der Waals surface area contributed by atoms with Crippen molar-refractivity contribution in [1.29, 1.82) is 0 Å². The molecule has 0 bridgehead atoms. The number of hydrogen-bond acceptors (Lipinski definition) is 3. The van der Waals surface area contributed by atoms with Gasteiger partial charge < -0.3 is 10.2 Å². The number of nitrogens with one attached hydrogen (secondary N) is 1. The highest BCUT2D eigenvalue weighted by molar-refractivity contribution is 5.93. The number of pyridine rings is 1. The third-order valence-electron chi connectivity index (χ3n) is 3.95. The zero-order valence-electron chi connectivity index (χ0n) is 14.8. The largest absolute Gasteiger partial charge is 0.367 e. The van der Waals surface area contributed by atoms with E-state index in [0.29, 0.717) is 18.2 Å². The predicted molar refractivity (Wildman–Crippen MR) is 99.2 cm³/mol. The molecule has 1 N–H and O–H groups in total. The van der Waals surface area contributed by atoms with Gasteiger partial charge in [0.05, 0.1) is 0 Å².